The quantitative estimate of drug-likeness (QED) is 0.596. The number of fused-ring (bicyclic) bond motifs is 2. The Bertz CT molecular complexity index is 673. The predicted octanol–water partition coefficient (Wildman–Crippen LogP) is 2.88. The van der Waals surface area contributed by atoms with Gasteiger partial charge in [-0.3, -0.25) is 9.59 Å². The number of amides is 2. The third-order valence-corrected chi connectivity index (χ3v) is 5.94. The van der Waals surface area contributed by atoms with E-state index in [2.05, 4.69) is 0 Å². The fourth-order valence-corrected chi connectivity index (χ4v) is 4.34. The highest BCUT2D eigenvalue weighted by Crippen LogP contribution is 2.38. The molecule has 0 aromatic carbocycles. The molecule has 2 aliphatic heterocycles. The van der Waals surface area contributed by atoms with Gasteiger partial charge in [0.25, 0.3) is 0 Å². The molecule has 0 radical (unpaired) electrons. The van der Waals surface area contributed by atoms with E-state index in [1.165, 1.54) is 0 Å². The van der Waals surface area contributed by atoms with Gasteiger partial charge in [-0.1, -0.05) is 0 Å². The number of ether oxygens (including phenoxy) is 2. The number of nitrogens with zero attached hydrogens (tertiary/aromatic N) is 2. The van der Waals surface area contributed by atoms with Crippen LogP contribution < -0.4 is 0 Å². The number of likely N-dealkylation sites (tertiary alicyclic amines) is 2. The summed E-state index contributed by atoms with van der Waals surface area (Å²) < 4.78 is 10.5. The lowest BCUT2D eigenvalue weighted by molar-refractivity contribution is -0.132. The molecule has 0 aromatic rings. The molecule has 2 saturated carbocycles. The predicted molar refractivity (Wildman–Crippen MR) is 109 cm³/mol. The van der Waals surface area contributed by atoms with Crippen molar-refractivity contribution >= 4 is 23.8 Å². The Kier molecular flexibility index (Phi) is 5.91. The molecular weight excluding hydrogens is 388 g/mol. The number of ketones is 2. The third-order valence-electron chi connectivity index (χ3n) is 5.94. The number of rotatable bonds is 0. The van der Waals surface area contributed by atoms with Gasteiger partial charge in [0, 0.05) is 50.9 Å². The van der Waals surface area contributed by atoms with E-state index in [1.54, 1.807) is 9.80 Å². The molecule has 4 atom stereocenters. The molecule has 4 rings (SSSR count). The molecular formula is C22H34N2O6. The molecule has 0 aromatic heterocycles. The van der Waals surface area contributed by atoms with Gasteiger partial charge in [-0.2, -0.15) is 0 Å². The standard InChI is InChI=1S/2C11H17NO3/c2*1-11(2,3)15-10(14)12-5-7-4-9(13)8(7)6-12/h2*7-8H,4-6H2,1-3H3/t2*7-,8+/m10/s1. The Morgan fingerprint density at radius 2 is 1.03 bits per heavy atom. The first kappa shape index (κ1) is 22.6. The molecule has 2 heterocycles. The van der Waals surface area contributed by atoms with Crippen molar-refractivity contribution in [3.8, 4) is 0 Å². The van der Waals surface area contributed by atoms with Crippen molar-refractivity contribution < 1.29 is 28.7 Å². The summed E-state index contributed by atoms with van der Waals surface area (Å²) in [4.78, 5) is 49.0. The van der Waals surface area contributed by atoms with Crippen LogP contribution in [0.2, 0.25) is 0 Å². The second kappa shape index (κ2) is 7.85. The van der Waals surface area contributed by atoms with Gasteiger partial charge in [0.1, 0.15) is 22.8 Å². The van der Waals surface area contributed by atoms with E-state index in [1.807, 2.05) is 41.5 Å². The molecule has 4 fully saturated rings. The molecule has 8 nitrogen and oxygen atoms in total. The molecule has 0 unspecified atom stereocenters. The maximum absolute atomic E-state index is 11.7. The van der Waals surface area contributed by atoms with Crippen LogP contribution in [0, 0.1) is 23.7 Å². The first-order chi connectivity index (χ1) is 13.7. The first-order valence-electron chi connectivity index (χ1n) is 10.7. The van der Waals surface area contributed by atoms with Crippen LogP contribution in [-0.4, -0.2) is 70.9 Å². The highest BCUT2D eigenvalue weighted by atomic mass is 16.6. The van der Waals surface area contributed by atoms with Gasteiger partial charge in [0.05, 0.1) is 0 Å². The van der Waals surface area contributed by atoms with Crippen LogP contribution in [0.3, 0.4) is 0 Å². The van der Waals surface area contributed by atoms with Crippen molar-refractivity contribution in [1.82, 2.24) is 9.80 Å². The van der Waals surface area contributed by atoms with Crippen LogP contribution >= 0.6 is 0 Å². The second-order valence-electron chi connectivity index (χ2n) is 10.8. The third kappa shape index (κ3) is 5.13. The average Bonchev–Trinajstić information content (AvgIpc) is 3.09. The monoisotopic (exact) mass is 422 g/mol. The van der Waals surface area contributed by atoms with Crippen molar-refractivity contribution in [1.29, 1.82) is 0 Å². The molecule has 2 amide bonds. The zero-order valence-electron chi connectivity index (χ0n) is 18.9. The fraction of sp³-hybridized carbons (Fsp3) is 0.818. The normalized spacial score (nSPS) is 29.8. The van der Waals surface area contributed by atoms with Gasteiger partial charge < -0.3 is 19.3 Å². The highest BCUT2D eigenvalue weighted by Gasteiger charge is 2.49. The second-order valence-corrected chi connectivity index (χ2v) is 10.8. The number of Topliss-reactive ketones (excluding diaryl/α,β-unsaturated/α-hetero) is 2. The van der Waals surface area contributed by atoms with E-state index in [4.69, 9.17) is 9.47 Å². The molecule has 30 heavy (non-hydrogen) atoms. The van der Waals surface area contributed by atoms with E-state index >= 15 is 0 Å². The minimum absolute atomic E-state index is 0.0949. The minimum Gasteiger partial charge on any atom is -0.444 e. The van der Waals surface area contributed by atoms with E-state index < -0.39 is 11.2 Å². The molecule has 4 aliphatic rings. The van der Waals surface area contributed by atoms with Gasteiger partial charge in [0.15, 0.2) is 0 Å². The van der Waals surface area contributed by atoms with Crippen LogP contribution in [0.1, 0.15) is 54.4 Å². The molecule has 168 valence electrons. The van der Waals surface area contributed by atoms with E-state index in [-0.39, 0.29) is 24.0 Å². The van der Waals surface area contributed by atoms with Crippen LogP contribution in [-0.2, 0) is 19.1 Å². The lowest BCUT2D eigenvalue weighted by Gasteiger charge is -2.25. The topological polar surface area (TPSA) is 93.2 Å². The first-order valence-corrected chi connectivity index (χ1v) is 10.7. The van der Waals surface area contributed by atoms with Crippen molar-refractivity contribution in [2.45, 2.75) is 65.6 Å². The van der Waals surface area contributed by atoms with Gasteiger partial charge >= 0.3 is 12.2 Å². The van der Waals surface area contributed by atoms with Crippen molar-refractivity contribution in [3.05, 3.63) is 0 Å². The highest BCUT2D eigenvalue weighted by molar-refractivity contribution is 5.89. The Morgan fingerprint density at radius 1 is 0.700 bits per heavy atom. The van der Waals surface area contributed by atoms with Crippen LogP contribution in [0.5, 0.6) is 0 Å². The van der Waals surface area contributed by atoms with Crippen LogP contribution in [0.25, 0.3) is 0 Å². The maximum atomic E-state index is 11.7. The van der Waals surface area contributed by atoms with Crippen LogP contribution in [0.15, 0.2) is 0 Å². The maximum Gasteiger partial charge on any atom is 0.410 e. The molecule has 2 saturated heterocycles. The smallest absolute Gasteiger partial charge is 0.410 e. The van der Waals surface area contributed by atoms with E-state index in [0.29, 0.717) is 62.4 Å². The number of carbonyl (C=O) groups is 4. The summed E-state index contributed by atoms with van der Waals surface area (Å²) in [6.45, 7) is 13.6. The Balaban J connectivity index is 0.000000171. The summed E-state index contributed by atoms with van der Waals surface area (Å²) in [6.07, 6.45) is 0.711. The minimum atomic E-state index is -0.456. The Morgan fingerprint density at radius 3 is 1.27 bits per heavy atom. The Labute approximate surface area is 178 Å². The summed E-state index contributed by atoms with van der Waals surface area (Å²) in [5.74, 6) is 1.57. The van der Waals surface area contributed by atoms with Crippen LogP contribution in [0.4, 0.5) is 9.59 Å². The summed E-state index contributed by atoms with van der Waals surface area (Å²) in [5.41, 5.74) is -0.911. The summed E-state index contributed by atoms with van der Waals surface area (Å²) >= 11 is 0. The zero-order chi connectivity index (χ0) is 22.4. The van der Waals surface area contributed by atoms with Gasteiger partial charge in [-0.05, 0) is 53.4 Å². The van der Waals surface area contributed by atoms with E-state index in [9.17, 15) is 19.2 Å². The number of carbonyl (C=O) groups excluding carboxylic acids is 4. The molecule has 0 spiro atoms. The summed E-state index contributed by atoms with van der Waals surface area (Å²) in [5, 5.41) is 0. The fourth-order valence-electron chi connectivity index (χ4n) is 4.34. The lowest BCUT2D eigenvalue weighted by Crippen LogP contribution is -2.36. The molecule has 2 aliphatic carbocycles. The van der Waals surface area contributed by atoms with Crippen molar-refractivity contribution in [2.24, 2.45) is 23.7 Å². The zero-order valence-corrected chi connectivity index (χ0v) is 18.9. The summed E-state index contributed by atoms with van der Waals surface area (Å²) in [6, 6.07) is 0. The van der Waals surface area contributed by atoms with E-state index in [0.717, 1.165) is 0 Å². The molecule has 0 N–H and O–H groups in total. The molecule has 0 bridgehead atoms. The SMILES string of the molecule is CC(C)(C)OC(=O)N1C[C@@H]2CC(=O)[C@@H]2C1.CC(C)(C)OC(=O)N1C[C@H]2CC(=O)[C@H]2C1. The van der Waals surface area contributed by atoms with Crippen molar-refractivity contribution in [2.75, 3.05) is 26.2 Å². The average molecular weight is 423 g/mol. The van der Waals surface area contributed by atoms with Gasteiger partial charge in [-0.25, -0.2) is 9.59 Å². The Hall–Kier alpha value is -2.12. The van der Waals surface area contributed by atoms with Gasteiger partial charge in [-0.15, -0.1) is 0 Å². The molecule has 8 heteroatoms. The lowest BCUT2D eigenvalue weighted by atomic mass is 9.75. The number of hydrogen-bond donors (Lipinski definition) is 0. The largest absolute Gasteiger partial charge is 0.444 e. The van der Waals surface area contributed by atoms with Crippen molar-refractivity contribution in [3.63, 3.8) is 0 Å². The van der Waals surface area contributed by atoms with Gasteiger partial charge in [0.2, 0.25) is 0 Å². The summed E-state index contributed by atoms with van der Waals surface area (Å²) in [7, 11) is 0. The number of hydrogen-bond acceptors (Lipinski definition) is 6.